The van der Waals surface area contributed by atoms with Crippen molar-refractivity contribution in [1.82, 2.24) is 25.3 Å². The van der Waals surface area contributed by atoms with Crippen molar-refractivity contribution in [2.24, 2.45) is 0 Å². The highest BCUT2D eigenvalue weighted by Gasteiger charge is 2.32. The van der Waals surface area contributed by atoms with Crippen molar-refractivity contribution >= 4 is 18.2 Å². The Kier molecular flexibility index (Phi) is 11.7. The molecule has 2 unspecified atom stereocenters. The second-order valence-electron chi connectivity index (χ2n) is 10.00. The van der Waals surface area contributed by atoms with E-state index in [0.29, 0.717) is 25.4 Å². The average Bonchev–Trinajstić information content (AvgIpc) is 3.18. The van der Waals surface area contributed by atoms with Gasteiger partial charge in [-0.05, 0) is 49.2 Å². The summed E-state index contributed by atoms with van der Waals surface area (Å²) in [5.74, 6) is 4.73. The van der Waals surface area contributed by atoms with E-state index in [0.717, 1.165) is 43.9 Å². The molecule has 3 aliphatic rings. The Labute approximate surface area is 242 Å². The summed E-state index contributed by atoms with van der Waals surface area (Å²) in [6.45, 7) is 10.5. The van der Waals surface area contributed by atoms with Gasteiger partial charge in [0.05, 0.1) is 12.7 Å². The second kappa shape index (κ2) is 15.2. The minimum absolute atomic E-state index is 0.128. The van der Waals surface area contributed by atoms with E-state index < -0.39 is 11.9 Å². The van der Waals surface area contributed by atoms with Gasteiger partial charge in [-0.1, -0.05) is 37.0 Å². The fraction of sp³-hybridized carbons (Fsp3) is 0.452. The number of halogens is 1. The van der Waals surface area contributed by atoms with Gasteiger partial charge in [0.2, 0.25) is 6.41 Å². The fourth-order valence-corrected chi connectivity index (χ4v) is 4.93. The van der Waals surface area contributed by atoms with E-state index in [2.05, 4.69) is 58.3 Å². The molecule has 3 amide bonds. The highest BCUT2D eigenvalue weighted by molar-refractivity contribution is 6.01. The number of nitrogens with zero attached hydrogens (tertiary/aromatic N) is 3. The summed E-state index contributed by atoms with van der Waals surface area (Å²) in [5, 5.41) is 4.89. The Morgan fingerprint density at radius 2 is 1.88 bits per heavy atom. The third kappa shape index (κ3) is 8.06. The normalized spacial score (nSPS) is 18.8. The molecule has 2 N–H and O–H groups in total. The summed E-state index contributed by atoms with van der Waals surface area (Å²) in [7, 11) is 4.58. The molecule has 10 heteroatoms. The number of nitrogens with one attached hydrogen (secondary N) is 2. The van der Waals surface area contributed by atoms with Gasteiger partial charge >= 0.3 is 0 Å². The summed E-state index contributed by atoms with van der Waals surface area (Å²) in [6.07, 6.45) is 4.47. The Bertz CT molecular complexity index is 1250. The Balaban J connectivity index is 0.000000260. The van der Waals surface area contributed by atoms with Gasteiger partial charge < -0.3 is 25.2 Å². The first-order chi connectivity index (χ1) is 19.7. The number of benzene rings is 1. The lowest BCUT2D eigenvalue weighted by atomic mass is 10.0. The number of carbonyl (C=O) groups excluding carboxylic acids is 3. The van der Waals surface area contributed by atoms with Gasteiger partial charge in [0.15, 0.2) is 17.6 Å². The maximum Gasteiger partial charge on any atom is 0.257 e. The van der Waals surface area contributed by atoms with Crippen LogP contribution < -0.4 is 10.6 Å². The zero-order valence-electron chi connectivity index (χ0n) is 24.5. The summed E-state index contributed by atoms with van der Waals surface area (Å²) in [5.41, 5.74) is 3.08. The smallest absolute Gasteiger partial charge is 0.257 e. The number of piperazine rings is 1. The van der Waals surface area contributed by atoms with E-state index in [1.807, 2.05) is 18.2 Å². The number of likely N-dealkylation sites (N-methyl/N-ethyl adjacent to an activating group) is 3. The fourth-order valence-electron chi connectivity index (χ4n) is 4.93. The van der Waals surface area contributed by atoms with Crippen molar-refractivity contribution < 1.29 is 23.5 Å². The van der Waals surface area contributed by atoms with E-state index >= 15 is 0 Å². The second-order valence-corrected chi connectivity index (χ2v) is 10.00. The molecule has 220 valence electrons. The topological polar surface area (TPSA) is 94.2 Å². The predicted octanol–water partition coefficient (Wildman–Crippen LogP) is 2.14. The number of hydrogen-bond donors (Lipinski definition) is 2. The van der Waals surface area contributed by atoms with Gasteiger partial charge in [0, 0.05) is 58.4 Å². The van der Waals surface area contributed by atoms with Crippen molar-refractivity contribution in [1.29, 1.82) is 0 Å². The maximum atomic E-state index is 13.9. The Morgan fingerprint density at radius 3 is 2.46 bits per heavy atom. The Hall–Kier alpha value is -3.94. The first-order valence-corrected chi connectivity index (χ1v) is 13.8. The SMILES string of the molecule is CCN1CCN(C(C)c2ccc(C#CC(NC=O)C(=O)NC)cc2)CC1.COC1=C(F)C2=C(CC=C1)CN(C)C2=O. The van der Waals surface area contributed by atoms with Crippen LogP contribution in [0.15, 0.2) is 59.1 Å². The molecule has 0 spiro atoms. The van der Waals surface area contributed by atoms with Crippen LogP contribution in [0.25, 0.3) is 0 Å². The number of amides is 3. The molecule has 0 radical (unpaired) electrons. The van der Waals surface area contributed by atoms with Gasteiger partial charge in [-0.15, -0.1) is 0 Å². The van der Waals surface area contributed by atoms with E-state index in [1.165, 1.54) is 24.6 Å². The number of allylic oxidation sites excluding steroid dienone is 2. The number of rotatable bonds is 7. The lowest BCUT2D eigenvalue weighted by Crippen LogP contribution is -2.46. The van der Waals surface area contributed by atoms with E-state index in [4.69, 9.17) is 4.74 Å². The third-order valence-electron chi connectivity index (χ3n) is 7.53. The summed E-state index contributed by atoms with van der Waals surface area (Å²) in [4.78, 5) is 40.4. The van der Waals surface area contributed by atoms with E-state index in [9.17, 15) is 18.8 Å². The molecular formula is C31H40FN5O4. The molecule has 1 aliphatic carbocycles. The van der Waals surface area contributed by atoms with Crippen LogP contribution in [0.5, 0.6) is 0 Å². The molecule has 1 aromatic rings. The van der Waals surface area contributed by atoms with E-state index in [1.54, 1.807) is 13.1 Å². The lowest BCUT2D eigenvalue weighted by Gasteiger charge is -2.37. The first-order valence-electron chi connectivity index (χ1n) is 13.8. The molecule has 2 atom stereocenters. The van der Waals surface area contributed by atoms with Crippen molar-refractivity contribution in [3.63, 3.8) is 0 Å². The predicted molar refractivity (Wildman–Crippen MR) is 156 cm³/mol. The van der Waals surface area contributed by atoms with Crippen molar-refractivity contribution in [2.45, 2.75) is 32.4 Å². The molecule has 41 heavy (non-hydrogen) atoms. The average molecular weight is 566 g/mol. The Morgan fingerprint density at radius 1 is 1.20 bits per heavy atom. The molecule has 9 nitrogen and oxygen atoms in total. The van der Waals surface area contributed by atoms with Crippen molar-refractivity contribution in [3.05, 3.63) is 70.3 Å². The highest BCUT2D eigenvalue weighted by atomic mass is 19.1. The van der Waals surface area contributed by atoms with Crippen LogP contribution in [0.2, 0.25) is 0 Å². The molecular weight excluding hydrogens is 525 g/mol. The third-order valence-corrected chi connectivity index (χ3v) is 7.53. The van der Waals surface area contributed by atoms with E-state index in [-0.39, 0.29) is 23.1 Å². The molecule has 1 aromatic carbocycles. The van der Waals surface area contributed by atoms with Crippen LogP contribution in [-0.4, -0.2) is 99.4 Å². The molecule has 0 saturated carbocycles. The largest absolute Gasteiger partial charge is 0.494 e. The summed E-state index contributed by atoms with van der Waals surface area (Å²) < 4.78 is 18.8. The lowest BCUT2D eigenvalue weighted by molar-refractivity contribution is -0.124. The number of carbonyl (C=O) groups is 3. The first kappa shape index (κ1) is 31.6. The molecule has 1 saturated heterocycles. The molecule has 1 fully saturated rings. The van der Waals surface area contributed by atoms with Gasteiger partial charge in [-0.3, -0.25) is 19.3 Å². The van der Waals surface area contributed by atoms with Crippen LogP contribution in [-0.2, 0) is 19.1 Å². The quantitative estimate of drug-likeness (QED) is 0.389. The van der Waals surface area contributed by atoms with Crippen LogP contribution in [0.4, 0.5) is 4.39 Å². The van der Waals surface area contributed by atoms with Crippen LogP contribution in [0.3, 0.4) is 0 Å². The minimum Gasteiger partial charge on any atom is -0.494 e. The number of ether oxygens (including phenoxy) is 1. The van der Waals surface area contributed by atoms with Crippen LogP contribution >= 0.6 is 0 Å². The van der Waals surface area contributed by atoms with Crippen LogP contribution in [0.1, 0.15) is 37.4 Å². The summed E-state index contributed by atoms with van der Waals surface area (Å²) in [6, 6.07) is 7.62. The van der Waals surface area contributed by atoms with Gasteiger partial charge in [0.25, 0.3) is 11.8 Å². The monoisotopic (exact) mass is 565 g/mol. The van der Waals surface area contributed by atoms with Crippen molar-refractivity contribution in [2.75, 3.05) is 60.5 Å². The minimum atomic E-state index is -0.842. The summed E-state index contributed by atoms with van der Waals surface area (Å²) >= 11 is 0. The molecule has 2 aliphatic heterocycles. The van der Waals surface area contributed by atoms with Crippen LogP contribution in [0, 0.1) is 11.8 Å². The standard InChI is InChI=1S/C20H28N4O2.C11H12FNO2/c1-4-23-11-13-24(14-12-23)16(2)18-8-5-17(6-9-18)7-10-19(22-15-25)20(26)21-3;1-13-6-7-4-3-5-8(15-2)10(12)9(7)11(13)14/h5-6,8-9,15-16,19H,4,11-14H2,1-3H3,(H,21,26)(H,22,25);3,5H,4,6H2,1-2H3. The van der Waals surface area contributed by atoms with Crippen molar-refractivity contribution in [3.8, 4) is 11.8 Å². The van der Waals surface area contributed by atoms with Gasteiger partial charge in [0.1, 0.15) is 0 Å². The molecule has 0 aromatic heterocycles. The zero-order valence-corrected chi connectivity index (χ0v) is 24.5. The number of methoxy groups -OCH3 is 1. The number of hydrogen-bond acceptors (Lipinski definition) is 6. The zero-order chi connectivity index (χ0) is 29.9. The van der Waals surface area contributed by atoms with Gasteiger partial charge in [-0.25, -0.2) is 4.39 Å². The maximum absolute atomic E-state index is 13.9. The highest BCUT2D eigenvalue weighted by Crippen LogP contribution is 2.32. The molecule has 2 heterocycles. The molecule has 4 rings (SSSR count). The molecule has 0 bridgehead atoms. The van der Waals surface area contributed by atoms with Gasteiger partial charge in [-0.2, -0.15) is 0 Å².